The number of urea groups is 1. The highest BCUT2D eigenvalue weighted by Gasteiger charge is 2.33. The number of aryl methyl sites for hydroxylation is 1. The summed E-state index contributed by atoms with van der Waals surface area (Å²) in [5.41, 5.74) is 6.42. The summed E-state index contributed by atoms with van der Waals surface area (Å²) in [6, 6.07) is 18.2. The molecule has 6 nitrogen and oxygen atoms in total. The number of fused-ring (bicyclic) bond motifs is 1. The van der Waals surface area contributed by atoms with Crippen LogP contribution in [-0.2, 0) is 11.3 Å². The fourth-order valence-electron chi connectivity index (χ4n) is 4.92. The maximum atomic E-state index is 13.7. The number of benzene rings is 2. The lowest BCUT2D eigenvalue weighted by molar-refractivity contribution is -0.134. The van der Waals surface area contributed by atoms with Crippen LogP contribution in [-0.4, -0.2) is 45.9 Å². The molecule has 1 N–H and O–H groups in total. The number of rotatable bonds is 7. The molecule has 1 aliphatic rings. The number of nitrogens with one attached hydrogen (secondary N) is 1. The van der Waals surface area contributed by atoms with Gasteiger partial charge in [-0.15, -0.1) is 0 Å². The Hall–Kier alpha value is -3.54. The second-order valence-corrected chi connectivity index (χ2v) is 10.0. The van der Waals surface area contributed by atoms with Gasteiger partial charge in [0, 0.05) is 37.2 Å². The third kappa shape index (κ3) is 5.32. The predicted molar refractivity (Wildman–Crippen MR) is 145 cm³/mol. The molecule has 0 spiro atoms. The lowest BCUT2D eigenvalue weighted by Crippen LogP contribution is -2.49. The molecular formula is C30H38N4O2. The van der Waals surface area contributed by atoms with Gasteiger partial charge in [-0.05, 0) is 66.6 Å². The highest BCUT2D eigenvalue weighted by molar-refractivity contribution is 5.93. The number of carbonyl (C=O) groups excluding carboxylic acids is 2. The van der Waals surface area contributed by atoms with Crippen LogP contribution < -0.4 is 5.32 Å². The first-order chi connectivity index (χ1) is 17.3. The molecule has 0 saturated carbocycles. The SMILES string of the molecule is CCCN(CC(=O)N1CCn2cccc2[C@H]1c1ccc(C(C)C)cc1)C(=O)Nc1cccc(C)c1C. The van der Waals surface area contributed by atoms with Crippen LogP contribution in [0.2, 0.25) is 0 Å². The molecule has 0 bridgehead atoms. The maximum Gasteiger partial charge on any atom is 0.322 e. The molecule has 0 saturated heterocycles. The molecule has 4 rings (SSSR count). The topological polar surface area (TPSA) is 57.6 Å². The second kappa shape index (κ2) is 11.0. The van der Waals surface area contributed by atoms with Crippen molar-refractivity contribution in [2.75, 3.05) is 25.0 Å². The molecule has 1 aliphatic heterocycles. The highest BCUT2D eigenvalue weighted by Crippen LogP contribution is 2.33. The summed E-state index contributed by atoms with van der Waals surface area (Å²) in [5.74, 6) is 0.412. The Morgan fingerprint density at radius 3 is 2.47 bits per heavy atom. The Balaban J connectivity index is 1.57. The minimum atomic E-state index is -0.239. The predicted octanol–water partition coefficient (Wildman–Crippen LogP) is 6.10. The van der Waals surface area contributed by atoms with Gasteiger partial charge in [0.05, 0.1) is 6.04 Å². The number of nitrogens with zero attached hydrogens (tertiary/aromatic N) is 3. The molecule has 6 heteroatoms. The molecule has 2 aromatic carbocycles. The maximum absolute atomic E-state index is 13.7. The van der Waals surface area contributed by atoms with Crippen LogP contribution in [0.25, 0.3) is 0 Å². The van der Waals surface area contributed by atoms with E-state index in [2.05, 4.69) is 60.3 Å². The first kappa shape index (κ1) is 25.5. The normalized spacial score (nSPS) is 15.1. The summed E-state index contributed by atoms with van der Waals surface area (Å²) in [5, 5.41) is 3.03. The Morgan fingerprint density at radius 1 is 1.03 bits per heavy atom. The molecule has 36 heavy (non-hydrogen) atoms. The number of anilines is 1. The average molecular weight is 487 g/mol. The van der Waals surface area contributed by atoms with Crippen LogP contribution in [0, 0.1) is 13.8 Å². The number of amides is 3. The quantitative estimate of drug-likeness (QED) is 0.438. The third-order valence-corrected chi connectivity index (χ3v) is 7.23. The minimum absolute atomic E-state index is 0.0371. The zero-order valence-electron chi connectivity index (χ0n) is 22.1. The van der Waals surface area contributed by atoms with E-state index in [0.29, 0.717) is 19.0 Å². The number of hydrogen-bond acceptors (Lipinski definition) is 2. The summed E-state index contributed by atoms with van der Waals surface area (Å²) in [6.07, 6.45) is 2.85. The zero-order chi connectivity index (χ0) is 25.8. The molecule has 3 amide bonds. The van der Waals surface area contributed by atoms with Crippen molar-refractivity contribution >= 4 is 17.6 Å². The average Bonchev–Trinajstić information content (AvgIpc) is 3.35. The first-order valence-corrected chi connectivity index (χ1v) is 13.0. The molecule has 0 radical (unpaired) electrons. The van der Waals surface area contributed by atoms with Crippen LogP contribution >= 0.6 is 0 Å². The molecule has 0 aliphatic carbocycles. The molecule has 3 aromatic rings. The van der Waals surface area contributed by atoms with Crippen molar-refractivity contribution in [2.24, 2.45) is 0 Å². The van der Waals surface area contributed by atoms with Crippen molar-refractivity contribution in [1.29, 1.82) is 0 Å². The summed E-state index contributed by atoms with van der Waals surface area (Å²) in [6.45, 7) is 12.3. The van der Waals surface area contributed by atoms with Crippen molar-refractivity contribution in [3.8, 4) is 0 Å². The molecular weight excluding hydrogens is 448 g/mol. The Bertz CT molecular complexity index is 1210. The van der Waals surface area contributed by atoms with E-state index in [1.54, 1.807) is 4.90 Å². The molecule has 1 atom stereocenters. The summed E-state index contributed by atoms with van der Waals surface area (Å²) < 4.78 is 2.22. The highest BCUT2D eigenvalue weighted by atomic mass is 16.2. The van der Waals surface area contributed by atoms with Gasteiger partial charge in [0.15, 0.2) is 0 Å². The molecule has 0 unspecified atom stereocenters. The summed E-state index contributed by atoms with van der Waals surface area (Å²) >= 11 is 0. The first-order valence-electron chi connectivity index (χ1n) is 13.0. The Labute approximate surface area is 214 Å². The van der Waals surface area contributed by atoms with Gasteiger partial charge in [0.2, 0.25) is 5.91 Å². The fourth-order valence-corrected chi connectivity index (χ4v) is 4.92. The zero-order valence-corrected chi connectivity index (χ0v) is 22.1. The van der Waals surface area contributed by atoms with Gasteiger partial charge in [-0.2, -0.15) is 0 Å². The van der Waals surface area contributed by atoms with Crippen molar-refractivity contribution in [2.45, 2.75) is 59.5 Å². The summed E-state index contributed by atoms with van der Waals surface area (Å²) in [4.78, 5) is 30.6. The van der Waals surface area contributed by atoms with Crippen LogP contribution in [0.1, 0.15) is 67.1 Å². The van der Waals surface area contributed by atoms with Crippen LogP contribution in [0.5, 0.6) is 0 Å². The van der Waals surface area contributed by atoms with E-state index in [-0.39, 0.29) is 24.5 Å². The van der Waals surface area contributed by atoms with Gasteiger partial charge in [0.1, 0.15) is 6.54 Å². The third-order valence-electron chi connectivity index (χ3n) is 7.23. The second-order valence-electron chi connectivity index (χ2n) is 10.0. The lowest BCUT2D eigenvalue weighted by Gasteiger charge is -2.38. The smallest absolute Gasteiger partial charge is 0.322 e. The van der Waals surface area contributed by atoms with Crippen molar-refractivity contribution in [1.82, 2.24) is 14.4 Å². The molecule has 0 fully saturated rings. The molecule has 190 valence electrons. The van der Waals surface area contributed by atoms with Crippen molar-refractivity contribution in [3.63, 3.8) is 0 Å². The van der Waals surface area contributed by atoms with E-state index in [4.69, 9.17) is 0 Å². The lowest BCUT2D eigenvalue weighted by atomic mass is 9.95. The van der Waals surface area contributed by atoms with Gasteiger partial charge in [-0.25, -0.2) is 4.79 Å². The standard InChI is InChI=1S/C30H38N4O2/c1-6-16-33(30(36)31-26-10-7-9-22(4)23(26)5)20-28(35)34-19-18-32-17-8-11-27(32)29(34)25-14-12-24(13-15-25)21(2)3/h7-15,17,21,29H,6,16,18-20H2,1-5H3,(H,31,36)/t29-/m1/s1. The largest absolute Gasteiger partial charge is 0.348 e. The van der Waals surface area contributed by atoms with Crippen molar-refractivity contribution in [3.05, 3.63) is 88.7 Å². The van der Waals surface area contributed by atoms with E-state index in [0.717, 1.165) is 41.0 Å². The molecule has 1 aromatic heterocycles. The van der Waals surface area contributed by atoms with Gasteiger partial charge >= 0.3 is 6.03 Å². The van der Waals surface area contributed by atoms with E-state index in [9.17, 15) is 9.59 Å². The van der Waals surface area contributed by atoms with Crippen molar-refractivity contribution < 1.29 is 9.59 Å². The van der Waals surface area contributed by atoms with Gasteiger partial charge in [-0.1, -0.05) is 57.2 Å². The number of carbonyl (C=O) groups is 2. The van der Waals surface area contributed by atoms with E-state index in [1.807, 2.05) is 49.9 Å². The summed E-state index contributed by atoms with van der Waals surface area (Å²) in [7, 11) is 0. The van der Waals surface area contributed by atoms with Gasteiger partial charge < -0.3 is 19.7 Å². The Morgan fingerprint density at radius 2 is 1.78 bits per heavy atom. The van der Waals surface area contributed by atoms with E-state index >= 15 is 0 Å². The van der Waals surface area contributed by atoms with Crippen LogP contribution in [0.4, 0.5) is 10.5 Å². The number of aromatic nitrogens is 1. The minimum Gasteiger partial charge on any atom is -0.348 e. The molecule has 2 heterocycles. The van der Waals surface area contributed by atoms with E-state index < -0.39 is 0 Å². The fraction of sp³-hybridized carbons (Fsp3) is 0.400. The van der Waals surface area contributed by atoms with Gasteiger partial charge in [-0.3, -0.25) is 4.79 Å². The monoisotopic (exact) mass is 486 g/mol. The number of hydrogen-bond donors (Lipinski definition) is 1. The van der Waals surface area contributed by atoms with Crippen LogP contribution in [0.15, 0.2) is 60.8 Å². The van der Waals surface area contributed by atoms with Crippen LogP contribution in [0.3, 0.4) is 0 Å². The Kier molecular flexibility index (Phi) is 7.82. The van der Waals surface area contributed by atoms with Gasteiger partial charge in [0.25, 0.3) is 0 Å². The van der Waals surface area contributed by atoms with E-state index in [1.165, 1.54) is 5.56 Å².